The molecule has 0 aliphatic carbocycles. The van der Waals surface area contributed by atoms with Gasteiger partial charge in [-0.3, -0.25) is 0 Å². The molecule has 0 aliphatic heterocycles. The molecule has 17 heavy (non-hydrogen) atoms. The first-order valence-electron chi connectivity index (χ1n) is 4.74. The summed E-state index contributed by atoms with van der Waals surface area (Å²) in [6.07, 6.45) is 0. The lowest BCUT2D eigenvalue weighted by molar-refractivity contribution is 0.0699. The Kier molecular flexibility index (Phi) is 2.81. The quantitative estimate of drug-likeness (QED) is 0.849. The maximum atomic E-state index is 11.1. The standard InChI is InChI=1S/C12H8N2O2S/c13-5-7-1-3-8(4-2-7)9-6-17-11(14)10(9)12(15)16/h1-4,6H,14H2,(H,15,16). The molecule has 1 aromatic heterocycles. The van der Waals surface area contributed by atoms with Crippen molar-refractivity contribution in [1.82, 2.24) is 0 Å². The van der Waals surface area contributed by atoms with Crippen molar-refractivity contribution in [2.24, 2.45) is 0 Å². The van der Waals surface area contributed by atoms with Gasteiger partial charge in [0.1, 0.15) is 10.6 Å². The van der Waals surface area contributed by atoms with E-state index in [2.05, 4.69) is 0 Å². The van der Waals surface area contributed by atoms with Crippen LogP contribution in [0.5, 0.6) is 0 Å². The zero-order chi connectivity index (χ0) is 12.4. The normalized spacial score (nSPS) is 9.82. The Labute approximate surface area is 102 Å². The van der Waals surface area contributed by atoms with Gasteiger partial charge in [0.05, 0.1) is 11.6 Å². The molecule has 2 rings (SSSR count). The van der Waals surface area contributed by atoms with Crippen LogP contribution in [0.3, 0.4) is 0 Å². The minimum Gasteiger partial charge on any atom is -0.478 e. The van der Waals surface area contributed by atoms with Gasteiger partial charge in [0.15, 0.2) is 0 Å². The van der Waals surface area contributed by atoms with Crippen LogP contribution in [0.4, 0.5) is 5.00 Å². The first-order valence-corrected chi connectivity index (χ1v) is 5.62. The van der Waals surface area contributed by atoms with Crippen molar-refractivity contribution in [2.75, 3.05) is 5.73 Å². The number of thiophene rings is 1. The molecule has 84 valence electrons. The van der Waals surface area contributed by atoms with Gasteiger partial charge in [-0.1, -0.05) is 12.1 Å². The molecular weight excluding hydrogens is 236 g/mol. The van der Waals surface area contributed by atoms with Gasteiger partial charge >= 0.3 is 5.97 Å². The van der Waals surface area contributed by atoms with Crippen LogP contribution in [0.25, 0.3) is 11.1 Å². The summed E-state index contributed by atoms with van der Waals surface area (Å²) in [5.74, 6) is -1.04. The minimum absolute atomic E-state index is 0.125. The van der Waals surface area contributed by atoms with Gasteiger partial charge in [0.25, 0.3) is 0 Å². The second-order valence-corrected chi connectivity index (χ2v) is 4.29. The molecule has 0 atom stereocenters. The maximum Gasteiger partial charge on any atom is 0.339 e. The van der Waals surface area contributed by atoms with Crippen molar-refractivity contribution >= 4 is 22.3 Å². The summed E-state index contributed by atoms with van der Waals surface area (Å²) in [6.45, 7) is 0. The number of nitriles is 1. The first-order chi connectivity index (χ1) is 8.13. The number of carbonyl (C=O) groups is 1. The number of benzene rings is 1. The third-order valence-corrected chi connectivity index (χ3v) is 3.17. The molecule has 3 N–H and O–H groups in total. The number of aromatic carboxylic acids is 1. The van der Waals surface area contributed by atoms with E-state index in [9.17, 15) is 4.79 Å². The molecule has 0 unspecified atom stereocenters. The van der Waals surface area contributed by atoms with E-state index >= 15 is 0 Å². The topological polar surface area (TPSA) is 87.1 Å². The Morgan fingerprint density at radius 1 is 1.35 bits per heavy atom. The van der Waals surface area contributed by atoms with Crippen molar-refractivity contribution in [3.8, 4) is 17.2 Å². The lowest BCUT2D eigenvalue weighted by Crippen LogP contribution is -2.00. The van der Waals surface area contributed by atoms with Crippen molar-refractivity contribution in [3.05, 3.63) is 40.8 Å². The highest BCUT2D eigenvalue weighted by Crippen LogP contribution is 2.33. The van der Waals surface area contributed by atoms with Gasteiger partial charge in [-0.2, -0.15) is 5.26 Å². The number of carboxylic acid groups (broad SMARTS) is 1. The molecular formula is C12H8N2O2S. The van der Waals surface area contributed by atoms with Crippen LogP contribution < -0.4 is 5.73 Å². The molecule has 0 radical (unpaired) electrons. The Morgan fingerprint density at radius 3 is 2.53 bits per heavy atom. The molecule has 0 spiro atoms. The van der Waals surface area contributed by atoms with E-state index in [0.717, 1.165) is 5.56 Å². The van der Waals surface area contributed by atoms with Gasteiger partial charge in [-0.25, -0.2) is 4.79 Å². The molecule has 5 heteroatoms. The summed E-state index contributed by atoms with van der Waals surface area (Å²) in [4.78, 5) is 11.1. The van der Waals surface area contributed by atoms with Crippen molar-refractivity contribution in [2.45, 2.75) is 0 Å². The number of hydrogen-bond acceptors (Lipinski definition) is 4. The summed E-state index contributed by atoms with van der Waals surface area (Å²) >= 11 is 1.20. The smallest absolute Gasteiger partial charge is 0.339 e. The average Bonchev–Trinajstić information content (AvgIpc) is 2.71. The molecule has 1 heterocycles. The first kappa shape index (κ1) is 11.2. The fraction of sp³-hybridized carbons (Fsp3) is 0. The number of nitrogens with two attached hydrogens (primary N) is 1. The molecule has 2 aromatic rings. The van der Waals surface area contributed by atoms with E-state index < -0.39 is 5.97 Å². The van der Waals surface area contributed by atoms with Gasteiger partial charge < -0.3 is 10.8 Å². The number of carboxylic acids is 1. The Balaban J connectivity index is 2.53. The summed E-state index contributed by atoms with van der Waals surface area (Å²) in [6, 6.07) is 8.73. The Bertz CT molecular complexity index is 608. The zero-order valence-corrected chi connectivity index (χ0v) is 9.49. The fourth-order valence-electron chi connectivity index (χ4n) is 1.53. The van der Waals surface area contributed by atoms with Crippen LogP contribution in [-0.2, 0) is 0 Å². The van der Waals surface area contributed by atoms with Crippen molar-refractivity contribution in [1.29, 1.82) is 5.26 Å². The largest absolute Gasteiger partial charge is 0.478 e. The Morgan fingerprint density at radius 2 is 2.00 bits per heavy atom. The van der Waals surface area contributed by atoms with E-state index in [1.165, 1.54) is 11.3 Å². The van der Waals surface area contributed by atoms with Crippen molar-refractivity contribution in [3.63, 3.8) is 0 Å². The summed E-state index contributed by atoms with van der Waals surface area (Å²) < 4.78 is 0. The van der Waals surface area contributed by atoms with E-state index in [-0.39, 0.29) is 10.6 Å². The fourth-order valence-corrected chi connectivity index (χ4v) is 2.34. The monoisotopic (exact) mass is 244 g/mol. The highest BCUT2D eigenvalue weighted by atomic mass is 32.1. The van der Waals surface area contributed by atoms with Crippen LogP contribution in [0.15, 0.2) is 29.6 Å². The number of anilines is 1. The van der Waals surface area contributed by atoms with Crippen LogP contribution in [0.2, 0.25) is 0 Å². The van der Waals surface area contributed by atoms with Crippen LogP contribution in [0, 0.1) is 11.3 Å². The van der Waals surface area contributed by atoms with Gasteiger partial charge in [0.2, 0.25) is 0 Å². The van der Waals surface area contributed by atoms with E-state index in [0.29, 0.717) is 11.1 Å². The third-order valence-electron chi connectivity index (χ3n) is 2.36. The van der Waals surface area contributed by atoms with Gasteiger partial charge in [-0.05, 0) is 17.7 Å². The molecule has 0 fully saturated rings. The van der Waals surface area contributed by atoms with Crippen LogP contribution >= 0.6 is 11.3 Å². The highest BCUT2D eigenvalue weighted by molar-refractivity contribution is 7.14. The number of nitrogen functional groups attached to an aromatic ring is 1. The maximum absolute atomic E-state index is 11.1. The summed E-state index contributed by atoms with van der Waals surface area (Å²) in [7, 11) is 0. The highest BCUT2D eigenvalue weighted by Gasteiger charge is 2.17. The molecule has 0 bridgehead atoms. The summed E-state index contributed by atoms with van der Waals surface area (Å²) in [5, 5.41) is 19.8. The lowest BCUT2D eigenvalue weighted by Gasteiger charge is -2.01. The number of nitrogens with zero attached hydrogens (tertiary/aromatic N) is 1. The molecule has 1 aromatic carbocycles. The molecule has 0 saturated heterocycles. The number of hydrogen-bond donors (Lipinski definition) is 2. The predicted molar refractivity (Wildman–Crippen MR) is 65.8 cm³/mol. The molecule has 0 amide bonds. The predicted octanol–water partition coefficient (Wildman–Crippen LogP) is 2.57. The molecule has 0 aliphatic rings. The average molecular weight is 244 g/mol. The van der Waals surface area contributed by atoms with Gasteiger partial charge in [-0.15, -0.1) is 11.3 Å². The summed E-state index contributed by atoms with van der Waals surface area (Å²) in [5.41, 5.74) is 7.61. The number of rotatable bonds is 2. The Hall–Kier alpha value is -2.32. The van der Waals surface area contributed by atoms with E-state index in [1.807, 2.05) is 6.07 Å². The minimum atomic E-state index is -1.04. The van der Waals surface area contributed by atoms with Crippen LogP contribution in [-0.4, -0.2) is 11.1 Å². The van der Waals surface area contributed by atoms with Crippen LogP contribution in [0.1, 0.15) is 15.9 Å². The SMILES string of the molecule is N#Cc1ccc(-c2csc(N)c2C(=O)O)cc1. The second kappa shape index (κ2) is 4.28. The molecule has 4 nitrogen and oxygen atoms in total. The third kappa shape index (κ3) is 1.98. The van der Waals surface area contributed by atoms with Gasteiger partial charge in [0, 0.05) is 10.9 Å². The lowest BCUT2D eigenvalue weighted by atomic mass is 10.0. The zero-order valence-electron chi connectivity index (χ0n) is 8.68. The van der Waals surface area contributed by atoms with E-state index in [1.54, 1.807) is 29.6 Å². The second-order valence-electron chi connectivity index (χ2n) is 3.38. The van der Waals surface area contributed by atoms with E-state index in [4.69, 9.17) is 16.1 Å². The molecule has 0 saturated carbocycles. The van der Waals surface area contributed by atoms with Crippen molar-refractivity contribution < 1.29 is 9.90 Å².